The van der Waals surface area contributed by atoms with Crippen LogP contribution >= 0.6 is 0 Å². The van der Waals surface area contributed by atoms with Crippen LogP contribution < -0.4 is 14.2 Å². The van der Waals surface area contributed by atoms with Crippen LogP contribution in [-0.4, -0.2) is 18.7 Å². The summed E-state index contributed by atoms with van der Waals surface area (Å²) in [4.78, 5) is 12.2. The summed E-state index contributed by atoms with van der Waals surface area (Å²) in [7, 11) is 0. The number of benzene rings is 2. The van der Waals surface area contributed by atoms with Gasteiger partial charge >= 0.3 is 5.97 Å². The molecule has 0 N–H and O–H groups in total. The zero-order chi connectivity index (χ0) is 15.5. The number of carbonyl (C=O) groups excluding carboxylic acids is 1. The van der Waals surface area contributed by atoms with Gasteiger partial charge in [-0.1, -0.05) is 38.1 Å². The highest BCUT2D eigenvalue weighted by Gasteiger charge is 2.29. The minimum Gasteiger partial charge on any atom is -0.485 e. The molecule has 4 heteroatoms. The van der Waals surface area contributed by atoms with Crippen LogP contribution in [0.2, 0.25) is 0 Å². The molecular formula is C18H18O4. The number of fused-ring (bicyclic) bond motifs is 1. The topological polar surface area (TPSA) is 44.8 Å². The maximum Gasteiger partial charge on any atom is 0.356 e. The van der Waals surface area contributed by atoms with Crippen LogP contribution in [0, 0.1) is 0 Å². The molecule has 22 heavy (non-hydrogen) atoms. The number of hydrogen-bond acceptors (Lipinski definition) is 4. The van der Waals surface area contributed by atoms with Crippen molar-refractivity contribution in [3.8, 4) is 17.2 Å². The van der Waals surface area contributed by atoms with Crippen LogP contribution in [0.5, 0.6) is 17.2 Å². The van der Waals surface area contributed by atoms with Gasteiger partial charge in [-0.05, 0) is 35.7 Å². The molecule has 2 aromatic carbocycles. The van der Waals surface area contributed by atoms with Gasteiger partial charge in [0.1, 0.15) is 12.4 Å². The number of rotatable bonds is 3. The molecule has 0 amide bonds. The maximum atomic E-state index is 12.2. The summed E-state index contributed by atoms with van der Waals surface area (Å²) in [6.07, 6.45) is -0.752. The minimum absolute atomic E-state index is 0.152. The average Bonchev–Trinajstić information content (AvgIpc) is 2.54. The van der Waals surface area contributed by atoms with Crippen molar-refractivity contribution in [1.29, 1.82) is 0 Å². The smallest absolute Gasteiger partial charge is 0.356 e. The molecule has 0 spiro atoms. The Morgan fingerprint density at radius 2 is 1.91 bits per heavy atom. The van der Waals surface area contributed by atoms with Crippen LogP contribution in [0.1, 0.15) is 25.3 Å². The van der Waals surface area contributed by atoms with Crippen molar-refractivity contribution in [3.63, 3.8) is 0 Å². The molecule has 1 heterocycles. The SMILES string of the molecule is CC(C)c1cccc(OC(=O)[C@H]2COc3ccccc3O2)c1. The predicted octanol–water partition coefficient (Wildman–Crippen LogP) is 3.56. The van der Waals surface area contributed by atoms with Gasteiger partial charge in [-0.2, -0.15) is 0 Å². The Labute approximate surface area is 129 Å². The Balaban J connectivity index is 1.69. The van der Waals surface area contributed by atoms with Crippen molar-refractivity contribution in [2.45, 2.75) is 25.9 Å². The molecule has 0 aromatic heterocycles. The first-order valence-electron chi connectivity index (χ1n) is 7.33. The van der Waals surface area contributed by atoms with Crippen LogP contribution in [0.25, 0.3) is 0 Å². The number of esters is 1. The second-order valence-corrected chi connectivity index (χ2v) is 5.51. The van der Waals surface area contributed by atoms with Crippen LogP contribution in [0.4, 0.5) is 0 Å². The van der Waals surface area contributed by atoms with Gasteiger partial charge in [0.05, 0.1) is 0 Å². The molecule has 0 fully saturated rings. The third-order valence-corrected chi connectivity index (χ3v) is 3.51. The molecule has 0 bridgehead atoms. The Morgan fingerprint density at radius 1 is 1.14 bits per heavy atom. The van der Waals surface area contributed by atoms with Gasteiger partial charge in [0.2, 0.25) is 6.10 Å². The molecule has 0 saturated heterocycles. The summed E-state index contributed by atoms with van der Waals surface area (Å²) in [5.74, 6) is 1.66. The molecule has 1 aliphatic heterocycles. The summed E-state index contributed by atoms with van der Waals surface area (Å²) in [5.41, 5.74) is 1.12. The monoisotopic (exact) mass is 298 g/mol. The normalized spacial score (nSPS) is 16.4. The van der Waals surface area contributed by atoms with Crippen molar-refractivity contribution in [3.05, 3.63) is 54.1 Å². The van der Waals surface area contributed by atoms with E-state index in [0.29, 0.717) is 23.2 Å². The van der Waals surface area contributed by atoms with Crippen LogP contribution in [-0.2, 0) is 4.79 Å². The Hall–Kier alpha value is -2.49. The van der Waals surface area contributed by atoms with Crippen molar-refractivity contribution < 1.29 is 19.0 Å². The molecule has 1 aliphatic rings. The molecule has 1 atom stereocenters. The van der Waals surface area contributed by atoms with E-state index in [1.165, 1.54) is 0 Å². The summed E-state index contributed by atoms with van der Waals surface area (Å²) in [5, 5.41) is 0. The van der Waals surface area contributed by atoms with E-state index in [4.69, 9.17) is 14.2 Å². The molecule has 4 nitrogen and oxygen atoms in total. The van der Waals surface area contributed by atoms with Crippen molar-refractivity contribution in [1.82, 2.24) is 0 Å². The summed E-state index contributed by atoms with van der Waals surface area (Å²) in [6, 6.07) is 14.8. The van der Waals surface area contributed by atoms with Crippen molar-refractivity contribution in [2.75, 3.05) is 6.61 Å². The first-order chi connectivity index (χ1) is 10.6. The highest BCUT2D eigenvalue weighted by atomic mass is 16.6. The Kier molecular flexibility index (Phi) is 4.00. The van der Waals surface area contributed by atoms with Crippen molar-refractivity contribution in [2.24, 2.45) is 0 Å². The lowest BCUT2D eigenvalue weighted by atomic mass is 10.0. The summed E-state index contributed by atoms with van der Waals surface area (Å²) in [6.45, 7) is 4.34. The largest absolute Gasteiger partial charge is 0.485 e. The standard InChI is InChI=1S/C18H18O4/c1-12(2)13-6-5-7-14(10-13)21-18(19)17-11-20-15-8-3-4-9-16(15)22-17/h3-10,12,17H,11H2,1-2H3/t17-/m1/s1. The second kappa shape index (κ2) is 6.10. The predicted molar refractivity (Wildman–Crippen MR) is 82.5 cm³/mol. The molecule has 0 radical (unpaired) electrons. The lowest BCUT2D eigenvalue weighted by Gasteiger charge is -2.24. The Bertz CT molecular complexity index is 678. The molecule has 114 valence electrons. The number of carbonyl (C=O) groups is 1. The van der Waals surface area contributed by atoms with Gasteiger partial charge in [-0.15, -0.1) is 0 Å². The maximum absolute atomic E-state index is 12.2. The average molecular weight is 298 g/mol. The van der Waals surface area contributed by atoms with E-state index in [0.717, 1.165) is 5.56 Å². The van der Waals surface area contributed by atoms with E-state index in [1.54, 1.807) is 12.1 Å². The number of ether oxygens (including phenoxy) is 3. The summed E-state index contributed by atoms with van der Waals surface area (Å²) < 4.78 is 16.6. The zero-order valence-electron chi connectivity index (χ0n) is 12.6. The van der Waals surface area contributed by atoms with Crippen LogP contribution in [0.15, 0.2) is 48.5 Å². The third kappa shape index (κ3) is 3.06. The lowest BCUT2D eigenvalue weighted by Crippen LogP contribution is -2.39. The van der Waals surface area contributed by atoms with E-state index in [1.807, 2.05) is 36.4 Å². The zero-order valence-corrected chi connectivity index (χ0v) is 12.6. The van der Waals surface area contributed by atoms with Gasteiger partial charge in [0.25, 0.3) is 0 Å². The molecule has 2 aromatic rings. The quantitative estimate of drug-likeness (QED) is 0.642. The highest BCUT2D eigenvalue weighted by molar-refractivity contribution is 5.78. The van der Waals surface area contributed by atoms with E-state index in [9.17, 15) is 4.79 Å². The second-order valence-electron chi connectivity index (χ2n) is 5.51. The molecule has 0 saturated carbocycles. The van der Waals surface area contributed by atoms with Crippen molar-refractivity contribution >= 4 is 5.97 Å². The van der Waals surface area contributed by atoms with E-state index < -0.39 is 12.1 Å². The third-order valence-electron chi connectivity index (χ3n) is 3.51. The van der Waals surface area contributed by atoms with E-state index in [-0.39, 0.29) is 6.61 Å². The van der Waals surface area contributed by atoms with Gasteiger partial charge in [0, 0.05) is 0 Å². The van der Waals surface area contributed by atoms with Gasteiger partial charge in [-0.3, -0.25) is 0 Å². The fourth-order valence-corrected chi connectivity index (χ4v) is 2.25. The van der Waals surface area contributed by atoms with Gasteiger partial charge < -0.3 is 14.2 Å². The Morgan fingerprint density at radius 3 is 2.68 bits per heavy atom. The van der Waals surface area contributed by atoms with Gasteiger partial charge in [0.15, 0.2) is 11.5 Å². The summed E-state index contributed by atoms with van der Waals surface area (Å²) >= 11 is 0. The van der Waals surface area contributed by atoms with E-state index >= 15 is 0 Å². The first-order valence-corrected chi connectivity index (χ1v) is 7.33. The first kappa shape index (κ1) is 14.4. The minimum atomic E-state index is -0.752. The van der Waals surface area contributed by atoms with Crippen LogP contribution in [0.3, 0.4) is 0 Å². The lowest BCUT2D eigenvalue weighted by molar-refractivity contribution is -0.144. The fourth-order valence-electron chi connectivity index (χ4n) is 2.25. The molecule has 3 rings (SSSR count). The number of hydrogen-bond donors (Lipinski definition) is 0. The van der Waals surface area contributed by atoms with Gasteiger partial charge in [-0.25, -0.2) is 4.79 Å². The molecule has 0 aliphatic carbocycles. The fraction of sp³-hybridized carbons (Fsp3) is 0.278. The van der Waals surface area contributed by atoms with E-state index in [2.05, 4.69) is 13.8 Å². The highest BCUT2D eigenvalue weighted by Crippen LogP contribution is 2.31. The molecular weight excluding hydrogens is 280 g/mol. The molecule has 0 unspecified atom stereocenters. The number of para-hydroxylation sites is 2.